The quantitative estimate of drug-likeness (QED) is 0.891. The molecule has 1 aromatic rings. The second-order valence-electron chi connectivity index (χ2n) is 7.50. The lowest BCUT2D eigenvalue weighted by atomic mass is 9.95. The van der Waals surface area contributed by atoms with E-state index in [1.807, 2.05) is 6.26 Å². The van der Waals surface area contributed by atoms with Crippen LogP contribution in [-0.4, -0.2) is 23.5 Å². The maximum atomic E-state index is 5.66. The molecule has 1 aromatic heterocycles. The highest BCUT2D eigenvalue weighted by Gasteiger charge is 2.25. The highest BCUT2D eigenvalue weighted by molar-refractivity contribution is 5.17. The molecule has 0 aliphatic carbocycles. The zero-order valence-corrected chi connectivity index (χ0v) is 13.7. The third-order valence-electron chi connectivity index (χ3n) is 4.26. The first kappa shape index (κ1) is 15.6. The normalized spacial score (nSPS) is 21.0. The topological polar surface area (TPSA) is 28.4 Å². The Bertz CT molecular complexity index is 417. The number of likely N-dealkylation sites (tertiary alicyclic amines) is 1. The van der Waals surface area contributed by atoms with Crippen molar-refractivity contribution < 1.29 is 4.42 Å². The van der Waals surface area contributed by atoms with Gasteiger partial charge in [-0.25, -0.2) is 0 Å². The van der Waals surface area contributed by atoms with Crippen molar-refractivity contribution in [1.29, 1.82) is 0 Å². The maximum Gasteiger partial charge on any atom is 0.122 e. The average molecular weight is 278 g/mol. The zero-order valence-electron chi connectivity index (χ0n) is 13.7. The van der Waals surface area contributed by atoms with Crippen LogP contribution in [0.1, 0.15) is 52.4 Å². The molecule has 3 nitrogen and oxygen atoms in total. The van der Waals surface area contributed by atoms with Crippen LogP contribution in [0.5, 0.6) is 0 Å². The summed E-state index contributed by atoms with van der Waals surface area (Å²) in [5, 5.41) is 3.50. The van der Waals surface area contributed by atoms with Crippen LogP contribution in [0.3, 0.4) is 0 Å². The van der Waals surface area contributed by atoms with Crippen molar-refractivity contribution in [3.63, 3.8) is 0 Å². The van der Waals surface area contributed by atoms with Gasteiger partial charge in [-0.1, -0.05) is 13.8 Å². The summed E-state index contributed by atoms with van der Waals surface area (Å²) < 4.78 is 5.66. The van der Waals surface area contributed by atoms with E-state index < -0.39 is 0 Å². The fraction of sp³-hybridized carbons (Fsp3) is 0.765. The first-order valence-corrected chi connectivity index (χ1v) is 7.88. The van der Waals surface area contributed by atoms with Crippen molar-refractivity contribution in [2.24, 2.45) is 11.8 Å². The minimum Gasteiger partial charge on any atom is -0.468 e. The van der Waals surface area contributed by atoms with Crippen LogP contribution in [0.4, 0.5) is 0 Å². The third-order valence-corrected chi connectivity index (χ3v) is 4.26. The van der Waals surface area contributed by atoms with Gasteiger partial charge >= 0.3 is 0 Å². The first-order chi connectivity index (χ1) is 9.35. The summed E-state index contributed by atoms with van der Waals surface area (Å²) in [6.07, 6.45) is 3.16. The van der Waals surface area contributed by atoms with E-state index in [0.717, 1.165) is 30.7 Å². The van der Waals surface area contributed by atoms with Gasteiger partial charge in [-0.05, 0) is 51.6 Å². The van der Waals surface area contributed by atoms with E-state index in [1.165, 1.54) is 25.1 Å². The molecule has 1 atom stereocenters. The van der Waals surface area contributed by atoms with Gasteiger partial charge < -0.3 is 9.73 Å². The average Bonchev–Trinajstić information content (AvgIpc) is 2.95. The minimum atomic E-state index is 0.125. The summed E-state index contributed by atoms with van der Waals surface area (Å²) >= 11 is 0. The van der Waals surface area contributed by atoms with Gasteiger partial charge in [0, 0.05) is 24.2 Å². The summed E-state index contributed by atoms with van der Waals surface area (Å²) in [6, 6.07) is 2.13. The SMILES string of the molecule is CC(C)C1CCN(Cc2ccoc2CNC(C)(C)C)C1. The Morgan fingerprint density at radius 3 is 2.75 bits per heavy atom. The van der Waals surface area contributed by atoms with Crippen LogP contribution in [0, 0.1) is 11.8 Å². The van der Waals surface area contributed by atoms with E-state index in [9.17, 15) is 0 Å². The van der Waals surface area contributed by atoms with E-state index in [2.05, 4.69) is 50.9 Å². The van der Waals surface area contributed by atoms with Crippen LogP contribution >= 0.6 is 0 Å². The molecule has 2 rings (SSSR count). The zero-order chi connectivity index (χ0) is 14.8. The van der Waals surface area contributed by atoms with Crippen LogP contribution < -0.4 is 5.32 Å². The Morgan fingerprint density at radius 1 is 1.40 bits per heavy atom. The lowest BCUT2D eigenvalue weighted by molar-refractivity contribution is 0.292. The van der Waals surface area contributed by atoms with Gasteiger partial charge in [0.1, 0.15) is 5.76 Å². The van der Waals surface area contributed by atoms with Crippen LogP contribution in [0.15, 0.2) is 16.7 Å². The maximum absolute atomic E-state index is 5.66. The molecule has 0 saturated carbocycles. The van der Waals surface area contributed by atoms with Crippen molar-refractivity contribution in [2.75, 3.05) is 13.1 Å². The monoisotopic (exact) mass is 278 g/mol. The standard InChI is InChI=1S/C17H30N2O/c1-13(2)14-6-8-19(11-14)12-15-7-9-20-16(15)10-18-17(3,4)5/h7,9,13-14,18H,6,8,10-12H2,1-5H3. The smallest absolute Gasteiger partial charge is 0.122 e. The molecule has 3 heteroatoms. The van der Waals surface area contributed by atoms with E-state index >= 15 is 0 Å². The molecule has 0 spiro atoms. The molecule has 0 aromatic carbocycles. The van der Waals surface area contributed by atoms with E-state index in [1.54, 1.807) is 0 Å². The lowest BCUT2D eigenvalue weighted by Crippen LogP contribution is -2.35. The predicted octanol–water partition coefficient (Wildman–Crippen LogP) is 3.65. The Balaban J connectivity index is 1.89. The number of nitrogens with zero attached hydrogens (tertiary/aromatic N) is 1. The third kappa shape index (κ3) is 4.35. The van der Waals surface area contributed by atoms with Crippen molar-refractivity contribution in [3.05, 3.63) is 23.7 Å². The first-order valence-electron chi connectivity index (χ1n) is 7.88. The molecule has 1 aliphatic heterocycles. The second kappa shape index (κ2) is 6.31. The van der Waals surface area contributed by atoms with Gasteiger partial charge in [-0.2, -0.15) is 0 Å². The van der Waals surface area contributed by atoms with Gasteiger partial charge in [0.2, 0.25) is 0 Å². The van der Waals surface area contributed by atoms with Gasteiger partial charge in [-0.15, -0.1) is 0 Å². The molecule has 1 aliphatic rings. The molecule has 1 fully saturated rings. The molecule has 114 valence electrons. The number of rotatable bonds is 5. The highest BCUT2D eigenvalue weighted by Crippen LogP contribution is 2.25. The molecular formula is C17H30N2O. The summed E-state index contributed by atoms with van der Waals surface area (Å²) in [4.78, 5) is 2.57. The molecule has 20 heavy (non-hydrogen) atoms. The van der Waals surface area contributed by atoms with Crippen molar-refractivity contribution in [2.45, 2.75) is 59.7 Å². The van der Waals surface area contributed by atoms with E-state index in [-0.39, 0.29) is 5.54 Å². The van der Waals surface area contributed by atoms with Crippen molar-refractivity contribution in [1.82, 2.24) is 10.2 Å². The molecular weight excluding hydrogens is 248 g/mol. The van der Waals surface area contributed by atoms with Crippen molar-refractivity contribution in [3.8, 4) is 0 Å². The highest BCUT2D eigenvalue weighted by atomic mass is 16.3. The largest absolute Gasteiger partial charge is 0.468 e. The number of hydrogen-bond donors (Lipinski definition) is 1. The van der Waals surface area contributed by atoms with Crippen molar-refractivity contribution >= 4 is 0 Å². The summed E-state index contributed by atoms with van der Waals surface area (Å²) in [7, 11) is 0. The lowest BCUT2D eigenvalue weighted by Gasteiger charge is -2.21. The molecule has 1 saturated heterocycles. The van der Waals surface area contributed by atoms with E-state index in [0.29, 0.717) is 0 Å². The molecule has 0 amide bonds. The van der Waals surface area contributed by atoms with Gasteiger partial charge in [0.05, 0.1) is 12.8 Å². The summed E-state index contributed by atoms with van der Waals surface area (Å²) in [5.74, 6) is 2.75. The molecule has 0 bridgehead atoms. The molecule has 1 unspecified atom stereocenters. The molecule has 0 radical (unpaired) electrons. The predicted molar refractivity (Wildman–Crippen MR) is 83.5 cm³/mol. The minimum absolute atomic E-state index is 0.125. The number of hydrogen-bond acceptors (Lipinski definition) is 3. The summed E-state index contributed by atoms with van der Waals surface area (Å²) in [5.41, 5.74) is 1.46. The van der Waals surface area contributed by atoms with Crippen LogP contribution in [0.2, 0.25) is 0 Å². The Kier molecular flexibility index (Phi) is 4.92. The van der Waals surface area contributed by atoms with Gasteiger partial charge in [0.25, 0.3) is 0 Å². The van der Waals surface area contributed by atoms with Gasteiger partial charge in [-0.3, -0.25) is 4.90 Å². The number of nitrogens with one attached hydrogen (secondary N) is 1. The summed E-state index contributed by atoms with van der Waals surface area (Å²) in [6.45, 7) is 15.5. The molecule has 2 heterocycles. The van der Waals surface area contributed by atoms with Crippen LogP contribution in [0.25, 0.3) is 0 Å². The van der Waals surface area contributed by atoms with Crippen LogP contribution in [-0.2, 0) is 13.1 Å². The Morgan fingerprint density at radius 2 is 2.15 bits per heavy atom. The fourth-order valence-electron chi connectivity index (χ4n) is 2.80. The Labute approximate surface area is 123 Å². The molecule has 1 N–H and O–H groups in total. The van der Waals surface area contributed by atoms with E-state index in [4.69, 9.17) is 4.42 Å². The van der Waals surface area contributed by atoms with Gasteiger partial charge in [0.15, 0.2) is 0 Å². The second-order valence-corrected chi connectivity index (χ2v) is 7.50. The Hall–Kier alpha value is -0.800. The fourth-order valence-corrected chi connectivity index (χ4v) is 2.80. The number of furan rings is 1.